The number of hydrogen-bond acceptors (Lipinski definition) is 7. The largest absolute Gasteiger partial charge is 0.464 e. The number of piperazine rings is 1. The van der Waals surface area contributed by atoms with Gasteiger partial charge in [-0.15, -0.1) is 0 Å². The van der Waals surface area contributed by atoms with Crippen LogP contribution in [0.1, 0.15) is 17.4 Å². The van der Waals surface area contributed by atoms with E-state index in [2.05, 4.69) is 5.10 Å². The maximum atomic E-state index is 12.6. The molecule has 1 aromatic carbocycles. The summed E-state index contributed by atoms with van der Waals surface area (Å²) in [6, 6.07) is 7.59. The fraction of sp³-hybridized carbons (Fsp3) is 0.389. The summed E-state index contributed by atoms with van der Waals surface area (Å²) < 4.78 is 11.8. The summed E-state index contributed by atoms with van der Waals surface area (Å²) in [6.07, 6.45) is 1.19. The van der Waals surface area contributed by atoms with Crippen LogP contribution in [0.15, 0.2) is 36.5 Å². The van der Waals surface area contributed by atoms with Crippen LogP contribution in [0.3, 0.4) is 0 Å². The Morgan fingerprint density at radius 1 is 1.14 bits per heavy atom. The van der Waals surface area contributed by atoms with Gasteiger partial charge in [-0.2, -0.15) is 5.10 Å². The predicted octanol–water partition coefficient (Wildman–Crippen LogP) is 1.74. The van der Waals surface area contributed by atoms with Crippen LogP contribution in [0.5, 0.6) is 5.75 Å². The number of ether oxygens (including phenoxy) is 2. The first-order chi connectivity index (χ1) is 14.0. The number of benzene rings is 1. The molecule has 11 heteroatoms. The number of carbonyl (C=O) groups excluding carboxylic acids is 2. The van der Waals surface area contributed by atoms with E-state index in [1.54, 1.807) is 41.1 Å². The molecule has 11 nitrogen and oxygen atoms in total. The number of rotatable bonds is 6. The molecule has 1 fully saturated rings. The van der Waals surface area contributed by atoms with Gasteiger partial charge in [0, 0.05) is 38.4 Å². The average molecular weight is 403 g/mol. The van der Waals surface area contributed by atoms with Crippen molar-refractivity contribution in [2.45, 2.75) is 13.7 Å². The van der Waals surface area contributed by atoms with Crippen molar-refractivity contribution in [3.05, 3.63) is 52.3 Å². The van der Waals surface area contributed by atoms with Gasteiger partial charge in [0.1, 0.15) is 0 Å². The van der Waals surface area contributed by atoms with Gasteiger partial charge in [-0.05, 0) is 19.1 Å². The van der Waals surface area contributed by atoms with Crippen molar-refractivity contribution < 1.29 is 24.0 Å². The Bertz CT molecular complexity index is 890. The third-order valence-corrected chi connectivity index (χ3v) is 4.37. The van der Waals surface area contributed by atoms with Crippen LogP contribution in [0.2, 0.25) is 0 Å². The van der Waals surface area contributed by atoms with Gasteiger partial charge in [0.05, 0.1) is 11.5 Å². The molecule has 29 heavy (non-hydrogen) atoms. The summed E-state index contributed by atoms with van der Waals surface area (Å²) in [4.78, 5) is 38.0. The molecular formula is C18H21N5O6. The SMILES string of the molecule is CCOC(=O)N1CCN(C(=O)c2ccn(COc3ccccc3[N+](=O)[O-])n2)CC1. The Labute approximate surface area is 166 Å². The van der Waals surface area contributed by atoms with Crippen molar-refractivity contribution in [3.8, 4) is 5.75 Å². The van der Waals surface area contributed by atoms with E-state index in [0.717, 1.165) is 0 Å². The monoisotopic (exact) mass is 403 g/mol. The van der Waals surface area contributed by atoms with Gasteiger partial charge < -0.3 is 19.3 Å². The summed E-state index contributed by atoms with van der Waals surface area (Å²) >= 11 is 0. The molecular weight excluding hydrogens is 382 g/mol. The van der Waals surface area contributed by atoms with Crippen molar-refractivity contribution in [2.24, 2.45) is 0 Å². The van der Waals surface area contributed by atoms with Gasteiger partial charge in [0.25, 0.3) is 5.91 Å². The van der Waals surface area contributed by atoms with Gasteiger partial charge in [-0.1, -0.05) is 12.1 Å². The Balaban J connectivity index is 1.56. The van der Waals surface area contributed by atoms with Crippen LogP contribution in [-0.4, -0.2) is 69.3 Å². The zero-order valence-corrected chi connectivity index (χ0v) is 15.9. The maximum Gasteiger partial charge on any atom is 0.409 e. The molecule has 3 rings (SSSR count). The number of nitro benzene ring substituents is 1. The van der Waals surface area contributed by atoms with Crippen molar-refractivity contribution >= 4 is 17.7 Å². The molecule has 0 N–H and O–H groups in total. The molecule has 0 saturated carbocycles. The van der Waals surface area contributed by atoms with Crippen molar-refractivity contribution in [1.82, 2.24) is 19.6 Å². The highest BCUT2D eigenvalue weighted by Gasteiger charge is 2.26. The summed E-state index contributed by atoms with van der Waals surface area (Å²) in [5.74, 6) is -0.131. The van der Waals surface area contributed by atoms with Crippen LogP contribution in [0, 0.1) is 10.1 Å². The van der Waals surface area contributed by atoms with E-state index in [4.69, 9.17) is 9.47 Å². The lowest BCUT2D eigenvalue weighted by Crippen LogP contribution is -2.50. The van der Waals surface area contributed by atoms with E-state index in [0.29, 0.717) is 32.8 Å². The highest BCUT2D eigenvalue weighted by molar-refractivity contribution is 5.92. The first-order valence-corrected chi connectivity index (χ1v) is 9.10. The first kappa shape index (κ1) is 20.1. The lowest BCUT2D eigenvalue weighted by molar-refractivity contribution is -0.386. The topological polar surface area (TPSA) is 120 Å². The number of hydrogen-bond donors (Lipinski definition) is 0. The smallest absolute Gasteiger partial charge is 0.409 e. The number of amides is 2. The maximum absolute atomic E-state index is 12.6. The molecule has 0 aliphatic carbocycles. The summed E-state index contributed by atoms with van der Waals surface area (Å²) in [5, 5.41) is 15.2. The number of para-hydroxylation sites is 2. The van der Waals surface area contributed by atoms with E-state index >= 15 is 0 Å². The molecule has 1 aliphatic rings. The quantitative estimate of drug-likeness (QED) is 0.532. The fourth-order valence-electron chi connectivity index (χ4n) is 2.88. The molecule has 0 bridgehead atoms. The van der Waals surface area contributed by atoms with Gasteiger partial charge in [0.2, 0.25) is 0 Å². The highest BCUT2D eigenvalue weighted by Crippen LogP contribution is 2.26. The number of aromatic nitrogens is 2. The Morgan fingerprint density at radius 2 is 1.83 bits per heavy atom. The van der Waals surface area contributed by atoms with Crippen molar-refractivity contribution in [1.29, 1.82) is 0 Å². The molecule has 1 aliphatic heterocycles. The molecule has 2 amide bonds. The molecule has 154 valence electrons. The molecule has 1 saturated heterocycles. The van der Waals surface area contributed by atoms with Crippen LogP contribution < -0.4 is 4.74 Å². The fourth-order valence-corrected chi connectivity index (χ4v) is 2.88. The minimum Gasteiger partial charge on any atom is -0.464 e. The van der Waals surface area contributed by atoms with Gasteiger partial charge >= 0.3 is 11.8 Å². The predicted molar refractivity (Wildman–Crippen MR) is 100 cm³/mol. The van der Waals surface area contributed by atoms with Crippen LogP contribution in [0.25, 0.3) is 0 Å². The summed E-state index contributed by atoms with van der Waals surface area (Å²) in [5.41, 5.74) is 0.0937. The third kappa shape index (κ3) is 4.81. The van der Waals surface area contributed by atoms with Crippen molar-refractivity contribution in [2.75, 3.05) is 32.8 Å². The first-order valence-electron chi connectivity index (χ1n) is 9.10. The summed E-state index contributed by atoms with van der Waals surface area (Å²) in [7, 11) is 0. The minimum atomic E-state index is -0.524. The van der Waals surface area contributed by atoms with Gasteiger partial charge in [0.15, 0.2) is 18.2 Å². The van der Waals surface area contributed by atoms with E-state index in [1.807, 2.05) is 0 Å². The lowest BCUT2D eigenvalue weighted by Gasteiger charge is -2.33. The average Bonchev–Trinajstić information content (AvgIpc) is 3.21. The van der Waals surface area contributed by atoms with Crippen LogP contribution in [-0.2, 0) is 11.5 Å². The molecule has 1 aromatic heterocycles. The Kier molecular flexibility index (Phi) is 6.27. The Morgan fingerprint density at radius 3 is 2.52 bits per heavy atom. The second-order valence-corrected chi connectivity index (χ2v) is 6.22. The zero-order chi connectivity index (χ0) is 20.8. The van der Waals surface area contributed by atoms with Gasteiger partial charge in [-0.3, -0.25) is 14.9 Å². The van der Waals surface area contributed by atoms with E-state index < -0.39 is 4.92 Å². The standard InChI is InChI=1S/C18H21N5O6/c1-2-28-18(25)21-11-9-20(10-12-21)17(24)14-7-8-22(19-14)13-29-16-6-4-3-5-15(16)23(26)27/h3-8H,2,9-13H2,1H3. The summed E-state index contributed by atoms with van der Waals surface area (Å²) in [6.45, 7) is 3.54. The molecule has 0 radical (unpaired) electrons. The number of nitrogens with zero attached hydrogens (tertiary/aromatic N) is 5. The van der Waals surface area contributed by atoms with Crippen LogP contribution in [0.4, 0.5) is 10.5 Å². The van der Waals surface area contributed by atoms with Gasteiger partial charge in [-0.25, -0.2) is 9.48 Å². The number of carbonyl (C=O) groups is 2. The normalized spacial score (nSPS) is 13.8. The second kappa shape index (κ2) is 9.04. The number of nitro groups is 1. The second-order valence-electron chi connectivity index (χ2n) is 6.22. The van der Waals surface area contributed by atoms with E-state index in [1.165, 1.54) is 16.8 Å². The third-order valence-electron chi connectivity index (χ3n) is 4.37. The van der Waals surface area contributed by atoms with E-state index in [9.17, 15) is 19.7 Å². The molecule has 0 spiro atoms. The molecule has 2 heterocycles. The minimum absolute atomic E-state index is 0.0746. The van der Waals surface area contributed by atoms with Crippen LogP contribution >= 0.6 is 0 Å². The molecule has 2 aromatic rings. The Hall–Kier alpha value is -3.63. The van der Waals surface area contributed by atoms with E-state index in [-0.39, 0.29) is 35.9 Å². The molecule has 0 unspecified atom stereocenters. The molecule has 0 atom stereocenters. The van der Waals surface area contributed by atoms with Crippen molar-refractivity contribution in [3.63, 3.8) is 0 Å². The lowest BCUT2D eigenvalue weighted by atomic mass is 10.3. The zero-order valence-electron chi connectivity index (χ0n) is 15.9. The highest BCUT2D eigenvalue weighted by atomic mass is 16.6.